The fourth-order valence-electron chi connectivity index (χ4n) is 3.83. The van der Waals surface area contributed by atoms with Gasteiger partial charge in [0.1, 0.15) is 13.2 Å². The molecule has 9 heteroatoms. The third-order valence-electron chi connectivity index (χ3n) is 5.79. The van der Waals surface area contributed by atoms with Gasteiger partial charge in [-0.2, -0.15) is 0 Å². The number of hydrogen-bond acceptors (Lipinski definition) is 5. The van der Waals surface area contributed by atoms with E-state index < -0.39 is 10.0 Å². The van der Waals surface area contributed by atoms with Crippen molar-refractivity contribution in [2.75, 3.05) is 23.3 Å². The first-order valence-corrected chi connectivity index (χ1v) is 12.2. The molecule has 8 nitrogen and oxygen atoms in total. The number of anilines is 2. The van der Waals surface area contributed by atoms with Crippen LogP contribution in [0.15, 0.2) is 65.6 Å². The first-order chi connectivity index (χ1) is 16.3. The van der Waals surface area contributed by atoms with Crippen molar-refractivity contribution in [1.29, 1.82) is 0 Å². The Labute approximate surface area is 197 Å². The van der Waals surface area contributed by atoms with Crippen molar-refractivity contribution in [3.05, 3.63) is 77.5 Å². The van der Waals surface area contributed by atoms with Crippen LogP contribution < -0.4 is 19.5 Å². The number of fused-ring (bicyclic) bond motifs is 2. The van der Waals surface area contributed by atoms with E-state index in [1.54, 1.807) is 36.4 Å². The highest BCUT2D eigenvalue weighted by Gasteiger charge is 2.19. The van der Waals surface area contributed by atoms with Gasteiger partial charge >= 0.3 is 0 Å². The van der Waals surface area contributed by atoms with E-state index in [1.807, 2.05) is 26.0 Å². The molecule has 0 spiro atoms. The molecule has 0 saturated heterocycles. The number of H-pyrrole nitrogens is 1. The lowest BCUT2D eigenvalue weighted by Gasteiger charge is -2.19. The lowest BCUT2D eigenvalue weighted by molar-refractivity contribution is 0.102. The van der Waals surface area contributed by atoms with Gasteiger partial charge in [-0.25, -0.2) is 8.42 Å². The number of aromatic nitrogens is 1. The topological polar surface area (TPSA) is 110 Å². The minimum atomic E-state index is -3.82. The maximum Gasteiger partial charge on any atom is 0.262 e. The van der Waals surface area contributed by atoms with Gasteiger partial charge in [-0.3, -0.25) is 9.52 Å². The zero-order valence-electron chi connectivity index (χ0n) is 18.6. The van der Waals surface area contributed by atoms with E-state index in [-0.39, 0.29) is 10.8 Å². The van der Waals surface area contributed by atoms with E-state index in [2.05, 4.69) is 15.0 Å². The summed E-state index contributed by atoms with van der Waals surface area (Å²) in [5, 5.41) is 3.86. The fourth-order valence-corrected chi connectivity index (χ4v) is 4.91. The van der Waals surface area contributed by atoms with Gasteiger partial charge in [-0.1, -0.05) is 0 Å². The van der Waals surface area contributed by atoms with E-state index in [1.165, 1.54) is 12.1 Å². The summed E-state index contributed by atoms with van der Waals surface area (Å²) in [7, 11) is -3.82. The maximum atomic E-state index is 12.8. The van der Waals surface area contributed by atoms with Crippen molar-refractivity contribution in [1.82, 2.24) is 4.98 Å². The third kappa shape index (κ3) is 4.17. The average molecular weight is 478 g/mol. The summed E-state index contributed by atoms with van der Waals surface area (Å²) in [5.41, 5.74) is 4.63. The quantitative estimate of drug-likeness (QED) is 0.389. The van der Waals surface area contributed by atoms with Crippen molar-refractivity contribution in [2.45, 2.75) is 18.7 Å². The van der Waals surface area contributed by atoms with Gasteiger partial charge in [0.15, 0.2) is 11.5 Å². The zero-order chi connectivity index (χ0) is 23.9. The molecule has 1 aliphatic rings. The number of aromatic amines is 1. The van der Waals surface area contributed by atoms with Gasteiger partial charge in [0, 0.05) is 39.6 Å². The normalized spacial score (nSPS) is 13.0. The number of ether oxygens (including phenoxy) is 2. The van der Waals surface area contributed by atoms with Crippen LogP contribution in [0.3, 0.4) is 0 Å². The van der Waals surface area contributed by atoms with Crippen molar-refractivity contribution in [2.24, 2.45) is 0 Å². The number of benzene rings is 3. The van der Waals surface area contributed by atoms with Gasteiger partial charge in [0.05, 0.1) is 4.90 Å². The van der Waals surface area contributed by atoms with Crippen LogP contribution in [0.25, 0.3) is 10.9 Å². The summed E-state index contributed by atoms with van der Waals surface area (Å²) in [5.74, 6) is 0.673. The second-order valence-corrected chi connectivity index (χ2v) is 9.76. The van der Waals surface area contributed by atoms with Crippen molar-refractivity contribution >= 4 is 38.2 Å². The molecule has 0 saturated carbocycles. The molecule has 3 N–H and O–H groups in total. The Morgan fingerprint density at radius 2 is 1.59 bits per heavy atom. The largest absolute Gasteiger partial charge is 0.486 e. The van der Waals surface area contributed by atoms with E-state index in [9.17, 15) is 13.2 Å². The lowest BCUT2D eigenvalue weighted by atomic mass is 10.1. The number of sulfonamides is 1. The predicted octanol–water partition coefficient (Wildman–Crippen LogP) is 4.61. The van der Waals surface area contributed by atoms with E-state index in [4.69, 9.17) is 9.47 Å². The minimum Gasteiger partial charge on any atom is -0.486 e. The first kappa shape index (κ1) is 21.8. The maximum absolute atomic E-state index is 12.8. The molecule has 0 atom stereocenters. The van der Waals surface area contributed by atoms with Gasteiger partial charge in [-0.05, 0) is 74.0 Å². The molecule has 1 aromatic heterocycles. The first-order valence-electron chi connectivity index (χ1n) is 10.7. The molecule has 2 heterocycles. The van der Waals surface area contributed by atoms with Crippen LogP contribution in [-0.4, -0.2) is 32.5 Å². The molecule has 0 aliphatic carbocycles. The number of aryl methyl sites for hydroxylation is 2. The van der Waals surface area contributed by atoms with Crippen LogP contribution in [-0.2, 0) is 10.0 Å². The minimum absolute atomic E-state index is 0.0693. The Balaban J connectivity index is 1.29. The van der Waals surface area contributed by atoms with Gasteiger partial charge in [0.25, 0.3) is 15.9 Å². The smallest absolute Gasteiger partial charge is 0.262 e. The Morgan fingerprint density at radius 3 is 2.35 bits per heavy atom. The summed E-state index contributed by atoms with van der Waals surface area (Å²) in [6.45, 7) is 4.81. The number of carbonyl (C=O) groups excluding carboxylic acids is 1. The molecular formula is C25H23N3O5S. The standard InChI is InChI=1S/C25H23N3O5S/c1-15-16(2)26-22-9-3-17(13-21(15)22)25(29)27-18-4-6-19(7-5-18)28-34(30,31)20-8-10-23-24(14-20)33-12-11-32-23/h3-10,13-14,26,28H,11-12H2,1-2H3,(H,27,29). The second-order valence-electron chi connectivity index (χ2n) is 8.08. The zero-order valence-corrected chi connectivity index (χ0v) is 19.5. The van der Waals surface area contributed by atoms with Gasteiger partial charge in [0.2, 0.25) is 0 Å². The molecule has 0 fully saturated rings. The third-order valence-corrected chi connectivity index (χ3v) is 7.17. The summed E-state index contributed by atoms with van der Waals surface area (Å²) in [4.78, 5) is 16.1. The molecule has 34 heavy (non-hydrogen) atoms. The Morgan fingerprint density at radius 1 is 0.882 bits per heavy atom. The van der Waals surface area contributed by atoms with E-state index in [0.29, 0.717) is 41.7 Å². The van der Waals surface area contributed by atoms with Crippen molar-refractivity contribution in [3.8, 4) is 11.5 Å². The van der Waals surface area contributed by atoms with Crippen molar-refractivity contribution in [3.63, 3.8) is 0 Å². The van der Waals surface area contributed by atoms with Crippen LogP contribution in [0, 0.1) is 13.8 Å². The lowest BCUT2D eigenvalue weighted by Crippen LogP contribution is -2.17. The second kappa shape index (κ2) is 8.42. The molecule has 3 aromatic carbocycles. The number of amides is 1. The highest BCUT2D eigenvalue weighted by Crippen LogP contribution is 2.33. The highest BCUT2D eigenvalue weighted by molar-refractivity contribution is 7.92. The monoisotopic (exact) mass is 477 g/mol. The molecule has 0 bridgehead atoms. The van der Waals surface area contributed by atoms with Crippen LogP contribution in [0.4, 0.5) is 11.4 Å². The molecule has 0 radical (unpaired) electrons. The van der Waals surface area contributed by atoms with E-state index in [0.717, 1.165) is 22.2 Å². The van der Waals surface area contributed by atoms with Gasteiger partial charge < -0.3 is 19.8 Å². The summed E-state index contributed by atoms with van der Waals surface area (Å²) in [6, 6.07) is 16.5. The molecule has 5 rings (SSSR count). The fraction of sp³-hybridized carbons (Fsp3) is 0.160. The number of nitrogens with one attached hydrogen (secondary N) is 3. The molecule has 4 aromatic rings. The molecule has 174 valence electrons. The number of hydrogen-bond donors (Lipinski definition) is 3. The van der Waals surface area contributed by atoms with Crippen LogP contribution >= 0.6 is 0 Å². The summed E-state index contributed by atoms with van der Waals surface area (Å²) >= 11 is 0. The molecule has 1 amide bonds. The van der Waals surface area contributed by atoms with E-state index >= 15 is 0 Å². The average Bonchev–Trinajstić information content (AvgIpc) is 3.12. The number of rotatable bonds is 5. The highest BCUT2D eigenvalue weighted by atomic mass is 32.2. The Bertz CT molecular complexity index is 1510. The van der Waals surface area contributed by atoms with Crippen LogP contribution in [0.2, 0.25) is 0 Å². The molecule has 1 aliphatic heterocycles. The number of carbonyl (C=O) groups is 1. The SMILES string of the molecule is Cc1[nH]c2ccc(C(=O)Nc3ccc(NS(=O)(=O)c4ccc5c(c4)OCCO5)cc3)cc2c1C. The van der Waals surface area contributed by atoms with Gasteiger partial charge in [-0.15, -0.1) is 0 Å². The van der Waals surface area contributed by atoms with Crippen LogP contribution in [0.5, 0.6) is 11.5 Å². The predicted molar refractivity (Wildman–Crippen MR) is 130 cm³/mol. The molecular weight excluding hydrogens is 454 g/mol. The van der Waals surface area contributed by atoms with Crippen LogP contribution in [0.1, 0.15) is 21.6 Å². The Kier molecular flexibility index (Phi) is 5.41. The van der Waals surface area contributed by atoms with Crippen molar-refractivity contribution < 1.29 is 22.7 Å². The molecule has 0 unspecified atom stereocenters. The Hall–Kier alpha value is -3.98. The summed E-state index contributed by atoms with van der Waals surface area (Å²) in [6.07, 6.45) is 0. The summed E-state index contributed by atoms with van der Waals surface area (Å²) < 4.78 is 39.0.